The van der Waals surface area contributed by atoms with E-state index in [0.29, 0.717) is 42.4 Å². The van der Waals surface area contributed by atoms with Crippen LogP contribution in [0.25, 0.3) is 0 Å². The molecule has 2 amide bonds. The van der Waals surface area contributed by atoms with Crippen molar-refractivity contribution in [1.82, 2.24) is 4.90 Å². The summed E-state index contributed by atoms with van der Waals surface area (Å²) in [6.07, 6.45) is 0.589. The van der Waals surface area contributed by atoms with E-state index < -0.39 is 0 Å². The highest BCUT2D eigenvalue weighted by Gasteiger charge is 2.49. The zero-order valence-electron chi connectivity index (χ0n) is 15.4. The Morgan fingerprint density at radius 3 is 2.04 bits per heavy atom. The maximum atomic E-state index is 12.4. The predicted molar refractivity (Wildman–Crippen MR) is 94.3 cm³/mol. The van der Waals surface area contributed by atoms with E-state index in [9.17, 15) is 9.59 Å². The average molecular weight is 350 g/mol. The Hall–Kier alpha value is -2.44. The molecule has 0 aliphatic heterocycles. The lowest BCUT2D eigenvalue weighted by atomic mass is 10.2. The molecule has 1 N–H and O–H groups in total. The number of rotatable bonds is 8. The van der Waals surface area contributed by atoms with Crippen molar-refractivity contribution in [3.05, 3.63) is 12.1 Å². The summed E-state index contributed by atoms with van der Waals surface area (Å²) in [7, 11) is 4.55. The van der Waals surface area contributed by atoms with Crippen molar-refractivity contribution in [2.75, 3.05) is 39.7 Å². The highest BCUT2D eigenvalue weighted by molar-refractivity contribution is 5.99. The fourth-order valence-electron chi connectivity index (χ4n) is 2.92. The summed E-state index contributed by atoms with van der Waals surface area (Å²) in [6, 6.07) is 3.34. The van der Waals surface area contributed by atoms with Gasteiger partial charge in [0, 0.05) is 30.9 Å². The van der Waals surface area contributed by atoms with E-state index in [1.54, 1.807) is 17.0 Å². The monoisotopic (exact) mass is 350 g/mol. The molecular weight excluding hydrogens is 324 g/mol. The minimum atomic E-state index is -0.285. The molecule has 2 rings (SSSR count). The van der Waals surface area contributed by atoms with Crippen molar-refractivity contribution in [3.8, 4) is 17.2 Å². The van der Waals surface area contributed by atoms with Crippen LogP contribution in [0.5, 0.6) is 17.2 Å². The van der Waals surface area contributed by atoms with Gasteiger partial charge in [-0.15, -0.1) is 0 Å². The fraction of sp³-hybridized carbons (Fsp3) is 0.556. The molecule has 7 nitrogen and oxygen atoms in total. The van der Waals surface area contributed by atoms with Crippen LogP contribution in [0.1, 0.15) is 20.3 Å². The van der Waals surface area contributed by atoms with Crippen molar-refractivity contribution >= 4 is 17.5 Å². The van der Waals surface area contributed by atoms with Gasteiger partial charge in [-0.2, -0.15) is 0 Å². The largest absolute Gasteiger partial charge is 0.493 e. The first kappa shape index (κ1) is 18.9. The van der Waals surface area contributed by atoms with Crippen LogP contribution in [0.2, 0.25) is 0 Å². The molecule has 1 saturated carbocycles. The number of hydrogen-bond acceptors (Lipinski definition) is 5. The number of methoxy groups -OCH3 is 3. The van der Waals surface area contributed by atoms with E-state index >= 15 is 0 Å². The zero-order chi connectivity index (χ0) is 18.6. The molecule has 1 fully saturated rings. The van der Waals surface area contributed by atoms with Crippen molar-refractivity contribution < 1.29 is 23.8 Å². The SMILES string of the molecule is CCN(CC)C(=O)C1CC1C(=O)Nc1cc(OC)c(OC)c(OC)c1. The van der Waals surface area contributed by atoms with Crippen LogP contribution in [-0.4, -0.2) is 51.1 Å². The van der Waals surface area contributed by atoms with Gasteiger partial charge < -0.3 is 24.4 Å². The van der Waals surface area contributed by atoms with Crippen LogP contribution < -0.4 is 19.5 Å². The number of nitrogens with one attached hydrogen (secondary N) is 1. The molecule has 25 heavy (non-hydrogen) atoms. The second kappa shape index (κ2) is 8.09. The molecule has 0 bridgehead atoms. The minimum absolute atomic E-state index is 0.0510. The molecule has 1 aliphatic rings. The predicted octanol–water partition coefficient (Wildman–Crippen LogP) is 2.16. The van der Waals surface area contributed by atoms with Gasteiger partial charge in [0.15, 0.2) is 11.5 Å². The van der Waals surface area contributed by atoms with E-state index in [1.807, 2.05) is 13.8 Å². The summed E-state index contributed by atoms with van der Waals surface area (Å²) >= 11 is 0. The number of nitrogens with zero attached hydrogens (tertiary/aromatic N) is 1. The standard InChI is InChI=1S/C18H26N2O5/c1-6-20(7-2)18(22)13-10-12(13)17(21)19-11-8-14(23-3)16(25-5)15(9-11)24-4/h8-9,12-13H,6-7,10H2,1-5H3,(H,19,21). The summed E-state index contributed by atoms with van der Waals surface area (Å²) in [4.78, 5) is 26.5. The molecule has 1 aromatic carbocycles. The van der Waals surface area contributed by atoms with E-state index in [0.717, 1.165) is 0 Å². The van der Waals surface area contributed by atoms with Gasteiger partial charge in [0.1, 0.15) is 0 Å². The third kappa shape index (κ3) is 3.97. The summed E-state index contributed by atoms with van der Waals surface area (Å²) in [5, 5.41) is 2.84. The molecular formula is C18H26N2O5. The van der Waals surface area contributed by atoms with E-state index in [1.165, 1.54) is 21.3 Å². The van der Waals surface area contributed by atoms with Crippen LogP contribution in [0.3, 0.4) is 0 Å². The number of hydrogen-bond donors (Lipinski definition) is 1. The van der Waals surface area contributed by atoms with Crippen LogP contribution >= 0.6 is 0 Å². The average Bonchev–Trinajstić information content (AvgIpc) is 3.42. The first-order chi connectivity index (χ1) is 12.0. The Kier molecular flexibility index (Phi) is 6.12. The zero-order valence-corrected chi connectivity index (χ0v) is 15.4. The Morgan fingerprint density at radius 1 is 1.04 bits per heavy atom. The minimum Gasteiger partial charge on any atom is -0.493 e. The second-order valence-corrected chi connectivity index (χ2v) is 5.86. The first-order valence-electron chi connectivity index (χ1n) is 8.40. The molecule has 138 valence electrons. The lowest BCUT2D eigenvalue weighted by molar-refractivity contribution is -0.133. The first-order valence-corrected chi connectivity index (χ1v) is 8.40. The van der Waals surface area contributed by atoms with Crippen molar-refractivity contribution in [2.45, 2.75) is 20.3 Å². The summed E-state index contributed by atoms with van der Waals surface area (Å²) < 4.78 is 15.8. The normalized spacial score (nSPS) is 18.3. The van der Waals surface area contributed by atoms with Gasteiger partial charge in [-0.3, -0.25) is 9.59 Å². The van der Waals surface area contributed by atoms with Crippen molar-refractivity contribution in [3.63, 3.8) is 0 Å². The molecule has 0 heterocycles. The smallest absolute Gasteiger partial charge is 0.228 e. The molecule has 0 radical (unpaired) electrons. The molecule has 0 aromatic heterocycles. The number of carbonyl (C=O) groups is 2. The van der Waals surface area contributed by atoms with Crippen LogP contribution in [-0.2, 0) is 9.59 Å². The highest BCUT2D eigenvalue weighted by Crippen LogP contribution is 2.43. The quantitative estimate of drug-likeness (QED) is 0.777. The Balaban J connectivity index is 2.08. The Labute approximate surface area is 148 Å². The van der Waals surface area contributed by atoms with Gasteiger partial charge in [0.2, 0.25) is 17.6 Å². The number of benzene rings is 1. The fourth-order valence-corrected chi connectivity index (χ4v) is 2.92. The molecule has 1 aliphatic carbocycles. The van der Waals surface area contributed by atoms with Crippen molar-refractivity contribution in [1.29, 1.82) is 0 Å². The topological polar surface area (TPSA) is 77.1 Å². The van der Waals surface area contributed by atoms with Crippen molar-refractivity contribution in [2.24, 2.45) is 11.8 Å². The summed E-state index contributed by atoms with van der Waals surface area (Å²) in [5.74, 6) is 0.764. The Bertz CT molecular complexity index is 617. The summed E-state index contributed by atoms with van der Waals surface area (Å²) in [5.41, 5.74) is 0.542. The van der Waals surface area contributed by atoms with Gasteiger partial charge in [-0.25, -0.2) is 0 Å². The van der Waals surface area contributed by atoms with Gasteiger partial charge in [-0.1, -0.05) is 0 Å². The number of anilines is 1. The molecule has 1 aromatic rings. The molecule has 7 heteroatoms. The van der Waals surface area contributed by atoms with Crippen LogP contribution in [0, 0.1) is 11.8 Å². The van der Waals surface area contributed by atoms with Crippen LogP contribution in [0.4, 0.5) is 5.69 Å². The highest BCUT2D eigenvalue weighted by atomic mass is 16.5. The maximum Gasteiger partial charge on any atom is 0.228 e. The van der Waals surface area contributed by atoms with Gasteiger partial charge in [-0.05, 0) is 20.3 Å². The second-order valence-electron chi connectivity index (χ2n) is 5.86. The number of carbonyl (C=O) groups excluding carboxylic acids is 2. The lowest BCUT2D eigenvalue weighted by Gasteiger charge is -2.18. The third-order valence-electron chi connectivity index (χ3n) is 4.45. The van der Waals surface area contributed by atoms with E-state index in [-0.39, 0.29) is 23.7 Å². The molecule has 2 atom stereocenters. The molecule has 0 spiro atoms. The van der Waals surface area contributed by atoms with Gasteiger partial charge in [0.05, 0.1) is 33.2 Å². The van der Waals surface area contributed by atoms with E-state index in [2.05, 4.69) is 5.32 Å². The third-order valence-corrected chi connectivity index (χ3v) is 4.45. The number of ether oxygens (including phenoxy) is 3. The number of amides is 2. The molecule has 0 saturated heterocycles. The van der Waals surface area contributed by atoms with Gasteiger partial charge >= 0.3 is 0 Å². The van der Waals surface area contributed by atoms with E-state index in [4.69, 9.17) is 14.2 Å². The summed E-state index contributed by atoms with van der Waals surface area (Å²) in [6.45, 7) is 5.20. The van der Waals surface area contributed by atoms with Crippen LogP contribution in [0.15, 0.2) is 12.1 Å². The van der Waals surface area contributed by atoms with Gasteiger partial charge in [0.25, 0.3) is 0 Å². The maximum absolute atomic E-state index is 12.4. The molecule has 2 unspecified atom stereocenters. The Morgan fingerprint density at radius 2 is 1.60 bits per heavy atom. The lowest BCUT2D eigenvalue weighted by Crippen LogP contribution is -2.33.